The molecule has 0 aromatic rings. The van der Waals surface area contributed by atoms with Crippen LogP contribution in [0.15, 0.2) is 48.6 Å². The number of carbonyl (C=O) groups is 2. The van der Waals surface area contributed by atoms with Crippen molar-refractivity contribution in [1.82, 2.24) is 0 Å². The molecule has 0 aliphatic rings. The van der Waals surface area contributed by atoms with Crippen LogP contribution in [0.25, 0.3) is 0 Å². The first-order chi connectivity index (χ1) is 21.6. The quantitative estimate of drug-likeness (QED) is 0.0462. The fraction of sp³-hybridized carbons (Fsp3) is 0.744. The van der Waals surface area contributed by atoms with Gasteiger partial charge in [-0.25, -0.2) is 0 Å². The Hall–Kier alpha value is -2.14. The van der Waals surface area contributed by atoms with Crippen LogP contribution in [0.5, 0.6) is 0 Å². The average Bonchev–Trinajstić information content (AvgIpc) is 3.02. The molecule has 0 aliphatic heterocycles. The number of esters is 2. The van der Waals surface area contributed by atoms with Crippen molar-refractivity contribution >= 4 is 11.9 Å². The average molecular weight is 617 g/mol. The van der Waals surface area contributed by atoms with Gasteiger partial charge in [-0.2, -0.15) is 0 Å². The summed E-state index contributed by atoms with van der Waals surface area (Å²) in [6.07, 6.45) is 43.1. The van der Waals surface area contributed by atoms with Gasteiger partial charge in [-0.15, -0.1) is 0 Å². The molecule has 0 saturated carbocycles. The van der Waals surface area contributed by atoms with Crippen LogP contribution in [0, 0.1) is 0 Å². The lowest BCUT2D eigenvalue weighted by Crippen LogP contribution is -2.28. The van der Waals surface area contributed by atoms with Crippen LogP contribution in [0.4, 0.5) is 0 Å². The van der Waals surface area contributed by atoms with Crippen molar-refractivity contribution in [3.8, 4) is 0 Å². The molecule has 0 aliphatic carbocycles. The molecule has 1 N–H and O–H groups in total. The monoisotopic (exact) mass is 617 g/mol. The maximum Gasteiger partial charge on any atom is 0.306 e. The zero-order chi connectivity index (χ0) is 32.2. The van der Waals surface area contributed by atoms with E-state index in [4.69, 9.17) is 9.47 Å². The Morgan fingerprint density at radius 2 is 0.977 bits per heavy atom. The van der Waals surface area contributed by atoms with Gasteiger partial charge in [0.1, 0.15) is 6.61 Å². The molecule has 5 heteroatoms. The van der Waals surface area contributed by atoms with Gasteiger partial charge in [-0.1, -0.05) is 172 Å². The van der Waals surface area contributed by atoms with Gasteiger partial charge < -0.3 is 14.6 Å². The third kappa shape index (κ3) is 32.8. The number of carbonyl (C=O) groups excluding carboxylic acids is 2. The van der Waals surface area contributed by atoms with E-state index in [1.165, 1.54) is 89.9 Å². The molecule has 0 heterocycles. The summed E-state index contributed by atoms with van der Waals surface area (Å²) in [7, 11) is 0. The maximum absolute atomic E-state index is 12.1. The van der Waals surface area contributed by atoms with Crippen LogP contribution in [-0.2, 0) is 19.1 Å². The Morgan fingerprint density at radius 1 is 0.545 bits per heavy atom. The van der Waals surface area contributed by atoms with Crippen molar-refractivity contribution in [3.05, 3.63) is 48.6 Å². The highest BCUT2D eigenvalue weighted by Crippen LogP contribution is 2.14. The number of hydrogen-bond acceptors (Lipinski definition) is 5. The number of aliphatic hydroxyl groups is 1. The van der Waals surface area contributed by atoms with E-state index in [2.05, 4.69) is 26.0 Å². The molecule has 0 amide bonds. The summed E-state index contributed by atoms with van der Waals surface area (Å²) in [5.74, 6) is -0.636. The van der Waals surface area contributed by atoms with Gasteiger partial charge in [-0.3, -0.25) is 9.59 Å². The number of aliphatic hydroxyl groups excluding tert-OH is 1. The first-order valence-electron chi connectivity index (χ1n) is 18.2. The zero-order valence-electron chi connectivity index (χ0n) is 28.7. The number of unbranched alkanes of at least 4 members (excludes halogenated alkanes) is 19. The van der Waals surface area contributed by atoms with Crippen molar-refractivity contribution in [1.29, 1.82) is 0 Å². The summed E-state index contributed by atoms with van der Waals surface area (Å²) in [4.78, 5) is 24.2. The molecule has 0 rings (SSSR count). The fourth-order valence-corrected chi connectivity index (χ4v) is 4.98. The van der Waals surface area contributed by atoms with Crippen molar-refractivity contribution in [2.75, 3.05) is 13.2 Å². The first kappa shape index (κ1) is 41.9. The number of allylic oxidation sites excluding steroid dienone is 8. The van der Waals surface area contributed by atoms with E-state index in [0.29, 0.717) is 12.8 Å². The van der Waals surface area contributed by atoms with E-state index in [-0.39, 0.29) is 25.2 Å². The summed E-state index contributed by atoms with van der Waals surface area (Å²) in [6.45, 7) is 3.96. The lowest BCUT2D eigenvalue weighted by Gasteiger charge is -2.15. The number of ether oxygens (including phenoxy) is 2. The largest absolute Gasteiger partial charge is 0.462 e. The summed E-state index contributed by atoms with van der Waals surface area (Å²) < 4.78 is 10.5. The second-order valence-electron chi connectivity index (χ2n) is 12.0. The topological polar surface area (TPSA) is 72.8 Å². The smallest absolute Gasteiger partial charge is 0.306 e. The minimum absolute atomic E-state index is 0.0854. The Labute approximate surface area is 271 Å². The number of rotatable bonds is 32. The molecule has 5 nitrogen and oxygen atoms in total. The molecule has 0 radical (unpaired) electrons. The Balaban J connectivity index is 3.60. The first-order valence-corrected chi connectivity index (χ1v) is 18.2. The van der Waals surface area contributed by atoms with Crippen molar-refractivity contribution in [2.24, 2.45) is 0 Å². The van der Waals surface area contributed by atoms with Gasteiger partial charge in [0.05, 0.1) is 6.61 Å². The normalized spacial score (nSPS) is 12.7. The molecule has 1 unspecified atom stereocenters. The molecule has 44 heavy (non-hydrogen) atoms. The van der Waals surface area contributed by atoms with E-state index in [1.54, 1.807) is 0 Å². The van der Waals surface area contributed by atoms with Crippen LogP contribution in [-0.4, -0.2) is 36.4 Å². The standard InChI is InChI=1S/C39H68O5/c1-3-5-7-9-11-13-15-17-18-19-20-22-24-26-28-30-32-34-39(42)44-37(35-40)36-43-38(41)33-31-29-27-25-23-21-16-14-12-10-8-6-4-2/h6,8,10,12,14,16,21,23,37,40H,3-5,7,9,11,13,15,17-20,22,24-36H2,1-2H3/b8-6+,12-10+,16-14+,23-21+. The molecule has 0 saturated heterocycles. The van der Waals surface area contributed by atoms with E-state index >= 15 is 0 Å². The molecule has 0 aromatic heterocycles. The van der Waals surface area contributed by atoms with Crippen LogP contribution in [0.2, 0.25) is 0 Å². The lowest BCUT2D eigenvalue weighted by molar-refractivity contribution is -0.161. The fourth-order valence-electron chi connectivity index (χ4n) is 4.98. The summed E-state index contributed by atoms with van der Waals surface area (Å²) in [6, 6.07) is 0. The van der Waals surface area contributed by atoms with E-state index in [9.17, 15) is 14.7 Å². The van der Waals surface area contributed by atoms with Crippen molar-refractivity contribution in [2.45, 2.75) is 174 Å². The minimum atomic E-state index is -0.784. The minimum Gasteiger partial charge on any atom is -0.462 e. The van der Waals surface area contributed by atoms with Gasteiger partial charge >= 0.3 is 11.9 Å². The maximum atomic E-state index is 12.1. The predicted molar refractivity (Wildman–Crippen MR) is 187 cm³/mol. The molecular formula is C39H68O5. The lowest BCUT2D eigenvalue weighted by atomic mass is 10.0. The Kier molecular flexibility index (Phi) is 33.6. The van der Waals surface area contributed by atoms with Crippen molar-refractivity contribution in [3.63, 3.8) is 0 Å². The summed E-state index contributed by atoms with van der Waals surface area (Å²) >= 11 is 0. The van der Waals surface area contributed by atoms with E-state index in [1.807, 2.05) is 36.5 Å². The Bertz CT molecular complexity index is 752. The third-order valence-corrected chi connectivity index (χ3v) is 7.73. The molecule has 0 bridgehead atoms. The van der Waals surface area contributed by atoms with Crippen molar-refractivity contribution < 1.29 is 24.2 Å². The second-order valence-corrected chi connectivity index (χ2v) is 12.0. The highest BCUT2D eigenvalue weighted by atomic mass is 16.6. The molecule has 254 valence electrons. The SMILES string of the molecule is CC/C=C/C=C/C=C/C=C/CCCCCC(=O)OCC(CO)OC(=O)CCCCCCCCCCCCCCCCCCC. The zero-order valence-corrected chi connectivity index (χ0v) is 28.7. The van der Waals surface area contributed by atoms with Gasteiger partial charge in [-0.05, 0) is 32.1 Å². The summed E-state index contributed by atoms with van der Waals surface area (Å²) in [5.41, 5.74) is 0. The van der Waals surface area contributed by atoms with Crippen LogP contribution in [0.3, 0.4) is 0 Å². The second kappa shape index (κ2) is 35.3. The molecule has 1 atom stereocenters. The van der Waals surface area contributed by atoms with Crippen LogP contribution in [0.1, 0.15) is 168 Å². The highest BCUT2D eigenvalue weighted by molar-refractivity contribution is 5.70. The van der Waals surface area contributed by atoms with Gasteiger partial charge in [0.25, 0.3) is 0 Å². The van der Waals surface area contributed by atoms with Crippen LogP contribution < -0.4 is 0 Å². The molecule has 0 fully saturated rings. The third-order valence-electron chi connectivity index (χ3n) is 7.73. The molecule has 0 spiro atoms. The van der Waals surface area contributed by atoms with Gasteiger partial charge in [0.2, 0.25) is 0 Å². The van der Waals surface area contributed by atoms with Crippen LogP contribution >= 0.6 is 0 Å². The molecule has 0 aromatic carbocycles. The number of hydrogen-bond donors (Lipinski definition) is 1. The Morgan fingerprint density at radius 3 is 1.48 bits per heavy atom. The summed E-state index contributed by atoms with van der Waals surface area (Å²) in [5, 5.41) is 9.52. The predicted octanol–water partition coefficient (Wildman–Crippen LogP) is 11.1. The highest BCUT2D eigenvalue weighted by Gasteiger charge is 2.16. The van der Waals surface area contributed by atoms with Gasteiger partial charge in [0, 0.05) is 12.8 Å². The molecular weight excluding hydrogens is 548 g/mol. The van der Waals surface area contributed by atoms with E-state index in [0.717, 1.165) is 51.4 Å². The van der Waals surface area contributed by atoms with Gasteiger partial charge in [0.15, 0.2) is 6.10 Å². The van der Waals surface area contributed by atoms with E-state index < -0.39 is 6.10 Å².